The fourth-order valence-electron chi connectivity index (χ4n) is 1.97. The van der Waals surface area contributed by atoms with Crippen LogP contribution < -0.4 is 5.32 Å². The molecule has 1 heterocycles. The van der Waals surface area contributed by atoms with E-state index in [2.05, 4.69) is 10.4 Å². The van der Waals surface area contributed by atoms with E-state index in [9.17, 15) is 5.11 Å². The Morgan fingerprint density at radius 2 is 2.21 bits per heavy atom. The van der Waals surface area contributed by atoms with Crippen LogP contribution in [-0.4, -0.2) is 47.3 Å². The Kier molecular flexibility index (Phi) is 6.26. The number of aliphatic hydroxyl groups is 1. The summed E-state index contributed by atoms with van der Waals surface area (Å²) in [6.07, 6.45) is 1.26. The van der Waals surface area contributed by atoms with Crippen LogP contribution >= 0.6 is 11.6 Å². The van der Waals surface area contributed by atoms with Crippen LogP contribution in [0.5, 0.6) is 0 Å². The molecule has 6 heteroatoms. The zero-order chi connectivity index (χ0) is 14.5. The minimum atomic E-state index is -0.865. The summed E-state index contributed by atoms with van der Waals surface area (Å²) < 4.78 is 6.71. The lowest BCUT2D eigenvalue weighted by atomic mass is 9.99. The van der Waals surface area contributed by atoms with Crippen LogP contribution in [0.25, 0.3) is 0 Å². The first-order valence-corrected chi connectivity index (χ1v) is 6.91. The normalized spacial score (nSPS) is 14.6. The van der Waals surface area contributed by atoms with E-state index in [0.717, 1.165) is 17.8 Å². The van der Waals surface area contributed by atoms with Gasteiger partial charge in [0.2, 0.25) is 0 Å². The number of rotatable bonds is 8. The maximum atomic E-state index is 10.4. The van der Waals surface area contributed by atoms with Crippen molar-refractivity contribution in [3.8, 4) is 0 Å². The molecule has 0 aliphatic heterocycles. The first-order chi connectivity index (χ1) is 8.91. The van der Waals surface area contributed by atoms with Crippen LogP contribution in [0.1, 0.15) is 25.2 Å². The van der Waals surface area contributed by atoms with Crippen molar-refractivity contribution in [2.75, 3.05) is 26.8 Å². The van der Waals surface area contributed by atoms with E-state index in [0.29, 0.717) is 31.1 Å². The number of hydrogen-bond donors (Lipinski definition) is 2. The lowest BCUT2D eigenvalue weighted by Gasteiger charge is -2.24. The van der Waals surface area contributed by atoms with Gasteiger partial charge in [-0.25, -0.2) is 0 Å². The highest BCUT2D eigenvalue weighted by Crippen LogP contribution is 2.24. The van der Waals surface area contributed by atoms with E-state index in [-0.39, 0.29) is 0 Å². The first-order valence-electron chi connectivity index (χ1n) is 6.53. The van der Waals surface area contributed by atoms with Gasteiger partial charge in [0.05, 0.1) is 28.6 Å². The number of ether oxygens (including phenoxy) is 1. The number of nitrogens with one attached hydrogen (secondary N) is 1. The standard InChI is InChI=1S/C13H24ClN3O2/c1-5-10-12(14)11(17(3)16-10)8-13(2,18)9-15-6-7-19-4/h15,18H,5-9H2,1-4H3. The van der Waals surface area contributed by atoms with Gasteiger partial charge >= 0.3 is 0 Å². The van der Waals surface area contributed by atoms with Crippen molar-refractivity contribution in [3.05, 3.63) is 16.4 Å². The van der Waals surface area contributed by atoms with Gasteiger partial charge in [-0.05, 0) is 13.3 Å². The minimum Gasteiger partial charge on any atom is -0.388 e. The molecule has 110 valence electrons. The van der Waals surface area contributed by atoms with Gasteiger partial charge in [-0.1, -0.05) is 18.5 Å². The molecule has 0 amide bonds. The fourth-order valence-corrected chi connectivity index (χ4v) is 2.33. The summed E-state index contributed by atoms with van der Waals surface area (Å²) in [5.74, 6) is 0. The van der Waals surface area contributed by atoms with Crippen LogP contribution in [0.15, 0.2) is 0 Å². The molecule has 1 atom stereocenters. The molecule has 0 aliphatic rings. The minimum absolute atomic E-state index is 0.468. The Hall–Kier alpha value is -0.620. The van der Waals surface area contributed by atoms with Gasteiger partial charge in [-0.3, -0.25) is 4.68 Å². The third-order valence-electron chi connectivity index (χ3n) is 3.04. The van der Waals surface area contributed by atoms with Crippen LogP contribution in [0, 0.1) is 0 Å². The highest BCUT2D eigenvalue weighted by molar-refractivity contribution is 6.31. The molecule has 0 fully saturated rings. The molecule has 0 spiro atoms. The summed E-state index contributed by atoms with van der Waals surface area (Å²) in [6.45, 7) is 5.64. The average molecular weight is 290 g/mol. The summed E-state index contributed by atoms with van der Waals surface area (Å²) >= 11 is 6.28. The zero-order valence-electron chi connectivity index (χ0n) is 12.2. The zero-order valence-corrected chi connectivity index (χ0v) is 12.9. The van der Waals surface area contributed by atoms with Crippen molar-refractivity contribution < 1.29 is 9.84 Å². The fraction of sp³-hybridized carbons (Fsp3) is 0.769. The Morgan fingerprint density at radius 3 is 2.74 bits per heavy atom. The monoisotopic (exact) mass is 289 g/mol. The van der Waals surface area contributed by atoms with E-state index >= 15 is 0 Å². The first kappa shape index (κ1) is 16.4. The van der Waals surface area contributed by atoms with Gasteiger partial charge in [0.1, 0.15) is 0 Å². The molecule has 1 rings (SSSR count). The number of halogens is 1. The summed E-state index contributed by atoms with van der Waals surface area (Å²) in [5.41, 5.74) is 0.885. The molecule has 0 saturated heterocycles. The van der Waals surface area contributed by atoms with Gasteiger partial charge in [-0.2, -0.15) is 5.10 Å². The lowest BCUT2D eigenvalue weighted by Crippen LogP contribution is -2.41. The van der Waals surface area contributed by atoms with E-state index in [1.807, 2.05) is 14.0 Å². The topological polar surface area (TPSA) is 59.3 Å². The van der Waals surface area contributed by atoms with Crippen LogP contribution in [0.4, 0.5) is 0 Å². The van der Waals surface area contributed by atoms with Gasteiger partial charge in [-0.15, -0.1) is 0 Å². The summed E-state index contributed by atoms with van der Waals surface area (Å²) in [7, 11) is 3.51. The van der Waals surface area contributed by atoms with Crippen LogP contribution in [-0.2, 0) is 24.6 Å². The predicted octanol–water partition coefficient (Wildman–Crippen LogP) is 1.17. The molecule has 1 aromatic rings. The maximum Gasteiger partial charge on any atom is 0.0850 e. The molecule has 0 saturated carbocycles. The SMILES string of the molecule is CCc1nn(C)c(CC(C)(O)CNCCOC)c1Cl. The summed E-state index contributed by atoms with van der Waals surface area (Å²) in [6, 6.07) is 0. The summed E-state index contributed by atoms with van der Waals surface area (Å²) in [5, 5.41) is 18.6. The van der Waals surface area contributed by atoms with E-state index in [4.69, 9.17) is 16.3 Å². The number of aromatic nitrogens is 2. The Labute approximate surface area is 119 Å². The van der Waals surface area contributed by atoms with Crippen molar-refractivity contribution in [1.82, 2.24) is 15.1 Å². The second kappa shape index (κ2) is 7.24. The van der Waals surface area contributed by atoms with Crippen molar-refractivity contribution in [3.63, 3.8) is 0 Å². The smallest absolute Gasteiger partial charge is 0.0850 e. The van der Waals surface area contributed by atoms with Crippen molar-refractivity contribution in [1.29, 1.82) is 0 Å². The van der Waals surface area contributed by atoms with Gasteiger partial charge in [0, 0.05) is 33.7 Å². The molecule has 0 radical (unpaired) electrons. The predicted molar refractivity (Wildman–Crippen MR) is 76.7 cm³/mol. The van der Waals surface area contributed by atoms with Crippen molar-refractivity contribution in [2.45, 2.75) is 32.3 Å². The number of nitrogens with zero attached hydrogens (tertiary/aromatic N) is 2. The number of hydrogen-bond acceptors (Lipinski definition) is 4. The molecule has 1 aromatic heterocycles. The van der Waals surface area contributed by atoms with E-state index in [1.165, 1.54) is 0 Å². The molecule has 0 aromatic carbocycles. The average Bonchev–Trinajstić information content (AvgIpc) is 2.62. The van der Waals surface area contributed by atoms with Crippen molar-refractivity contribution >= 4 is 11.6 Å². The van der Waals surface area contributed by atoms with Crippen LogP contribution in [0.2, 0.25) is 5.02 Å². The molecule has 0 aliphatic carbocycles. The Morgan fingerprint density at radius 1 is 1.53 bits per heavy atom. The quantitative estimate of drug-likeness (QED) is 0.705. The van der Waals surface area contributed by atoms with Crippen LogP contribution in [0.3, 0.4) is 0 Å². The number of methoxy groups -OCH3 is 1. The van der Waals surface area contributed by atoms with Gasteiger partial charge in [0.25, 0.3) is 0 Å². The van der Waals surface area contributed by atoms with E-state index in [1.54, 1.807) is 18.7 Å². The molecule has 2 N–H and O–H groups in total. The Balaban J connectivity index is 2.64. The molecular formula is C13H24ClN3O2. The molecule has 5 nitrogen and oxygen atoms in total. The van der Waals surface area contributed by atoms with Crippen molar-refractivity contribution in [2.24, 2.45) is 7.05 Å². The molecular weight excluding hydrogens is 266 g/mol. The summed E-state index contributed by atoms with van der Waals surface area (Å²) in [4.78, 5) is 0. The second-order valence-corrected chi connectivity index (χ2v) is 5.41. The Bertz CT molecular complexity index is 405. The largest absolute Gasteiger partial charge is 0.388 e. The third kappa shape index (κ3) is 4.76. The molecule has 0 bridgehead atoms. The maximum absolute atomic E-state index is 10.4. The second-order valence-electron chi connectivity index (χ2n) is 5.03. The van der Waals surface area contributed by atoms with Gasteiger partial charge in [0.15, 0.2) is 0 Å². The number of aryl methyl sites for hydroxylation is 2. The highest BCUT2D eigenvalue weighted by Gasteiger charge is 2.25. The third-order valence-corrected chi connectivity index (χ3v) is 3.48. The highest BCUT2D eigenvalue weighted by atomic mass is 35.5. The lowest BCUT2D eigenvalue weighted by molar-refractivity contribution is 0.0563. The van der Waals surface area contributed by atoms with Gasteiger partial charge < -0.3 is 15.2 Å². The molecule has 19 heavy (non-hydrogen) atoms. The molecule has 1 unspecified atom stereocenters. The van der Waals surface area contributed by atoms with E-state index < -0.39 is 5.60 Å².